The number of benzene rings is 1. The highest BCUT2D eigenvalue weighted by atomic mass is 79.9. The summed E-state index contributed by atoms with van der Waals surface area (Å²) in [4.78, 5) is 0. The molecule has 0 spiro atoms. The molecule has 0 aliphatic heterocycles. The Morgan fingerprint density at radius 3 is 2.14 bits per heavy atom. The highest BCUT2D eigenvalue weighted by Crippen LogP contribution is 2.14. The molecule has 0 heterocycles. The molecule has 0 radical (unpaired) electrons. The van der Waals surface area contributed by atoms with E-state index in [0.717, 1.165) is 10.0 Å². The molecule has 14 heavy (non-hydrogen) atoms. The van der Waals surface area contributed by atoms with E-state index in [-0.39, 0.29) is 11.0 Å². The Hall–Kier alpha value is -0.350. The standard InChI is InChI=1S/C10H13BrO2S/c1-8(2)14(12,13)7-9-3-5-10(11)6-4-9/h3-6,8H,7H2,1-2H3. The van der Waals surface area contributed by atoms with E-state index in [2.05, 4.69) is 15.9 Å². The third-order valence-corrected chi connectivity index (χ3v) is 4.70. The summed E-state index contributed by atoms with van der Waals surface area (Å²) in [5, 5.41) is -0.314. The number of hydrogen-bond donors (Lipinski definition) is 0. The van der Waals surface area contributed by atoms with Gasteiger partial charge in [-0.2, -0.15) is 0 Å². The van der Waals surface area contributed by atoms with Crippen LogP contribution in [-0.2, 0) is 15.6 Å². The average molecular weight is 277 g/mol. The maximum atomic E-state index is 11.6. The largest absolute Gasteiger partial charge is 0.228 e. The van der Waals surface area contributed by atoms with Gasteiger partial charge in [-0.3, -0.25) is 0 Å². The minimum absolute atomic E-state index is 0.123. The zero-order valence-corrected chi connectivity index (χ0v) is 10.6. The summed E-state index contributed by atoms with van der Waals surface area (Å²) >= 11 is 3.30. The van der Waals surface area contributed by atoms with E-state index in [1.165, 1.54) is 0 Å². The minimum atomic E-state index is -2.98. The summed E-state index contributed by atoms with van der Waals surface area (Å²) in [6.07, 6.45) is 0. The molecule has 2 nitrogen and oxygen atoms in total. The Labute approximate surface area is 93.4 Å². The van der Waals surface area contributed by atoms with Crippen LogP contribution in [0.2, 0.25) is 0 Å². The summed E-state index contributed by atoms with van der Waals surface area (Å²) in [7, 11) is -2.98. The van der Waals surface area contributed by atoms with Gasteiger partial charge < -0.3 is 0 Å². The third kappa shape index (κ3) is 3.10. The highest BCUT2D eigenvalue weighted by molar-refractivity contribution is 9.10. The number of hydrogen-bond acceptors (Lipinski definition) is 2. The second-order valence-electron chi connectivity index (χ2n) is 3.48. The predicted octanol–water partition coefficient (Wildman–Crippen LogP) is 2.77. The Morgan fingerprint density at radius 1 is 1.21 bits per heavy atom. The van der Waals surface area contributed by atoms with Crippen LogP contribution in [0.15, 0.2) is 28.7 Å². The topological polar surface area (TPSA) is 34.1 Å². The smallest absolute Gasteiger partial charge is 0.156 e. The molecule has 4 heteroatoms. The third-order valence-electron chi connectivity index (χ3n) is 2.00. The van der Waals surface area contributed by atoms with Crippen molar-refractivity contribution in [1.29, 1.82) is 0 Å². The molecule has 0 unspecified atom stereocenters. The van der Waals surface area contributed by atoms with E-state index in [0.29, 0.717) is 0 Å². The monoisotopic (exact) mass is 276 g/mol. The fraction of sp³-hybridized carbons (Fsp3) is 0.400. The van der Waals surface area contributed by atoms with Crippen molar-refractivity contribution in [2.24, 2.45) is 0 Å². The van der Waals surface area contributed by atoms with Crippen LogP contribution in [0.5, 0.6) is 0 Å². The van der Waals surface area contributed by atoms with Crippen LogP contribution in [0.1, 0.15) is 19.4 Å². The van der Waals surface area contributed by atoms with Crippen molar-refractivity contribution < 1.29 is 8.42 Å². The van der Waals surface area contributed by atoms with Gasteiger partial charge in [0.2, 0.25) is 0 Å². The van der Waals surface area contributed by atoms with Crippen LogP contribution in [0.3, 0.4) is 0 Å². The molecular formula is C10H13BrO2S. The number of halogens is 1. The van der Waals surface area contributed by atoms with Crippen molar-refractivity contribution in [3.63, 3.8) is 0 Å². The molecule has 0 bridgehead atoms. The number of sulfone groups is 1. The first kappa shape index (κ1) is 11.7. The molecule has 0 saturated heterocycles. The summed E-state index contributed by atoms with van der Waals surface area (Å²) in [5.74, 6) is 0.123. The van der Waals surface area contributed by atoms with Crippen LogP contribution in [-0.4, -0.2) is 13.7 Å². The molecule has 78 valence electrons. The predicted molar refractivity (Wildman–Crippen MR) is 61.9 cm³/mol. The van der Waals surface area contributed by atoms with Gasteiger partial charge in [0, 0.05) is 4.47 Å². The van der Waals surface area contributed by atoms with Gasteiger partial charge in [-0.1, -0.05) is 28.1 Å². The normalized spacial score (nSPS) is 12.0. The first-order valence-electron chi connectivity index (χ1n) is 4.38. The first-order valence-corrected chi connectivity index (χ1v) is 6.88. The Kier molecular flexibility index (Phi) is 3.72. The molecule has 0 atom stereocenters. The van der Waals surface area contributed by atoms with Crippen LogP contribution < -0.4 is 0 Å². The Balaban J connectivity index is 2.85. The molecule has 0 aromatic heterocycles. The Morgan fingerprint density at radius 2 is 1.71 bits per heavy atom. The SMILES string of the molecule is CC(C)S(=O)(=O)Cc1ccc(Br)cc1. The lowest BCUT2D eigenvalue weighted by atomic mass is 10.2. The van der Waals surface area contributed by atoms with Crippen LogP contribution in [0.4, 0.5) is 0 Å². The molecule has 0 aliphatic carbocycles. The van der Waals surface area contributed by atoms with E-state index in [9.17, 15) is 8.42 Å². The second-order valence-corrected chi connectivity index (χ2v) is 6.96. The van der Waals surface area contributed by atoms with Gasteiger partial charge in [0.15, 0.2) is 9.84 Å². The van der Waals surface area contributed by atoms with Gasteiger partial charge in [-0.05, 0) is 31.5 Å². The molecule has 0 fully saturated rings. The lowest BCUT2D eigenvalue weighted by Crippen LogP contribution is -2.15. The second kappa shape index (κ2) is 4.45. The van der Waals surface area contributed by atoms with Gasteiger partial charge in [0.25, 0.3) is 0 Å². The molecular weight excluding hydrogens is 264 g/mol. The van der Waals surface area contributed by atoms with E-state index in [4.69, 9.17) is 0 Å². The summed E-state index contributed by atoms with van der Waals surface area (Å²) in [6, 6.07) is 7.35. The number of rotatable bonds is 3. The molecule has 1 aromatic rings. The molecule has 0 saturated carbocycles. The molecule has 0 aliphatic rings. The molecule has 0 N–H and O–H groups in total. The van der Waals surface area contributed by atoms with Crippen LogP contribution in [0.25, 0.3) is 0 Å². The van der Waals surface area contributed by atoms with Gasteiger partial charge in [0.1, 0.15) is 0 Å². The van der Waals surface area contributed by atoms with Crippen molar-refractivity contribution in [3.8, 4) is 0 Å². The highest BCUT2D eigenvalue weighted by Gasteiger charge is 2.16. The minimum Gasteiger partial charge on any atom is -0.228 e. The van der Waals surface area contributed by atoms with E-state index >= 15 is 0 Å². The quantitative estimate of drug-likeness (QED) is 0.851. The molecule has 1 rings (SSSR count). The summed E-state index contributed by atoms with van der Waals surface area (Å²) in [5.41, 5.74) is 0.835. The Bertz CT molecular complexity index is 393. The van der Waals surface area contributed by atoms with Gasteiger partial charge in [0.05, 0.1) is 11.0 Å². The molecule has 1 aromatic carbocycles. The maximum absolute atomic E-state index is 11.6. The van der Waals surface area contributed by atoms with Crippen molar-refractivity contribution in [2.45, 2.75) is 24.9 Å². The van der Waals surface area contributed by atoms with E-state index in [1.807, 2.05) is 24.3 Å². The molecule has 0 amide bonds. The van der Waals surface area contributed by atoms with Gasteiger partial charge in [-0.25, -0.2) is 8.42 Å². The fourth-order valence-electron chi connectivity index (χ4n) is 0.980. The van der Waals surface area contributed by atoms with Crippen molar-refractivity contribution in [2.75, 3.05) is 0 Å². The van der Waals surface area contributed by atoms with Crippen molar-refractivity contribution in [1.82, 2.24) is 0 Å². The van der Waals surface area contributed by atoms with E-state index < -0.39 is 9.84 Å². The first-order chi connectivity index (χ1) is 6.42. The summed E-state index contributed by atoms with van der Waals surface area (Å²) < 4.78 is 24.1. The lowest BCUT2D eigenvalue weighted by molar-refractivity contribution is 0.586. The zero-order chi connectivity index (χ0) is 10.8. The van der Waals surface area contributed by atoms with Gasteiger partial charge in [-0.15, -0.1) is 0 Å². The average Bonchev–Trinajstić information content (AvgIpc) is 2.08. The van der Waals surface area contributed by atoms with Crippen LogP contribution in [0, 0.1) is 0 Å². The van der Waals surface area contributed by atoms with Crippen molar-refractivity contribution >= 4 is 25.8 Å². The van der Waals surface area contributed by atoms with Gasteiger partial charge >= 0.3 is 0 Å². The van der Waals surface area contributed by atoms with Crippen LogP contribution >= 0.6 is 15.9 Å². The fourth-order valence-corrected chi connectivity index (χ4v) is 2.23. The maximum Gasteiger partial charge on any atom is 0.156 e. The lowest BCUT2D eigenvalue weighted by Gasteiger charge is -2.07. The summed E-state index contributed by atoms with van der Waals surface area (Å²) in [6.45, 7) is 3.41. The van der Waals surface area contributed by atoms with Crippen molar-refractivity contribution in [3.05, 3.63) is 34.3 Å². The van der Waals surface area contributed by atoms with E-state index in [1.54, 1.807) is 13.8 Å². The zero-order valence-electron chi connectivity index (χ0n) is 8.20.